The lowest BCUT2D eigenvalue weighted by Gasteiger charge is -1.98. The maximum Gasteiger partial charge on any atom is 0.142 e. The van der Waals surface area contributed by atoms with Crippen molar-refractivity contribution in [3.8, 4) is 22.0 Å². The Morgan fingerprint density at radius 2 is 1.95 bits per heavy atom. The van der Waals surface area contributed by atoms with E-state index < -0.39 is 0 Å². The van der Waals surface area contributed by atoms with Crippen molar-refractivity contribution in [3.05, 3.63) is 53.8 Å². The van der Waals surface area contributed by atoms with E-state index in [-0.39, 0.29) is 0 Å². The topological polar surface area (TPSA) is 64.7 Å². The fourth-order valence-electron chi connectivity index (χ4n) is 1.84. The summed E-state index contributed by atoms with van der Waals surface area (Å²) in [6.07, 6.45) is 3.25. The van der Waals surface area contributed by atoms with Crippen molar-refractivity contribution >= 4 is 11.3 Å². The molecule has 0 spiro atoms. The quantitative estimate of drug-likeness (QED) is 0.793. The minimum Gasteiger partial charge on any atom is -0.326 e. The zero-order valence-electron chi connectivity index (χ0n) is 10.2. The van der Waals surface area contributed by atoms with E-state index >= 15 is 0 Å². The Kier molecular flexibility index (Phi) is 3.31. The molecule has 0 radical (unpaired) electrons. The van der Waals surface area contributed by atoms with Gasteiger partial charge in [-0.05, 0) is 6.07 Å². The lowest BCUT2D eigenvalue weighted by atomic mass is 10.1. The fraction of sp³-hybridized carbons (Fsp3) is 0.0714. The molecular weight excluding hydrogens is 256 g/mol. The van der Waals surface area contributed by atoms with Gasteiger partial charge in [0.25, 0.3) is 0 Å². The van der Waals surface area contributed by atoms with E-state index in [0.29, 0.717) is 6.54 Å². The molecule has 0 aliphatic carbocycles. The molecule has 0 amide bonds. The van der Waals surface area contributed by atoms with E-state index in [4.69, 9.17) is 5.73 Å². The monoisotopic (exact) mass is 268 g/mol. The third kappa shape index (κ3) is 2.38. The average molecular weight is 268 g/mol. The van der Waals surface area contributed by atoms with Gasteiger partial charge in [0.2, 0.25) is 0 Å². The molecule has 2 heterocycles. The maximum absolute atomic E-state index is 5.82. The van der Waals surface area contributed by atoms with Crippen LogP contribution in [0.25, 0.3) is 22.0 Å². The van der Waals surface area contributed by atoms with Crippen LogP contribution in [0.15, 0.2) is 48.9 Å². The zero-order valence-corrected chi connectivity index (χ0v) is 11.0. The molecule has 2 N–H and O–H groups in total. The zero-order chi connectivity index (χ0) is 13.1. The van der Waals surface area contributed by atoms with Gasteiger partial charge in [0, 0.05) is 23.2 Å². The summed E-state index contributed by atoms with van der Waals surface area (Å²) in [5.41, 5.74) is 8.68. The SMILES string of the molecule is NCc1sc(-c2ccncn2)nc1-c1ccccc1. The number of nitrogens with zero attached hydrogens (tertiary/aromatic N) is 3. The number of hydrogen-bond acceptors (Lipinski definition) is 5. The van der Waals surface area contributed by atoms with Crippen LogP contribution in [0, 0.1) is 0 Å². The van der Waals surface area contributed by atoms with Gasteiger partial charge in [-0.3, -0.25) is 0 Å². The van der Waals surface area contributed by atoms with Crippen LogP contribution in [-0.4, -0.2) is 15.0 Å². The van der Waals surface area contributed by atoms with Crippen molar-refractivity contribution in [2.75, 3.05) is 0 Å². The minimum atomic E-state index is 0.479. The molecule has 3 aromatic rings. The molecule has 94 valence electrons. The van der Waals surface area contributed by atoms with Gasteiger partial charge in [-0.15, -0.1) is 11.3 Å². The summed E-state index contributed by atoms with van der Waals surface area (Å²) >= 11 is 1.58. The van der Waals surface area contributed by atoms with E-state index in [1.807, 2.05) is 36.4 Å². The van der Waals surface area contributed by atoms with Crippen molar-refractivity contribution in [2.24, 2.45) is 5.73 Å². The summed E-state index contributed by atoms with van der Waals surface area (Å²) < 4.78 is 0. The minimum absolute atomic E-state index is 0.479. The summed E-state index contributed by atoms with van der Waals surface area (Å²) in [7, 11) is 0. The smallest absolute Gasteiger partial charge is 0.142 e. The van der Waals surface area contributed by atoms with E-state index in [0.717, 1.165) is 26.8 Å². The highest BCUT2D eigenvalue weighted by Gasteiger charge is 2.13. The van der Waals surface area contributed by atoms with E-state index in [9.17, 15) is 0 Å². The molecule has 5 heteroatoms. The predicted octanol–water partition coefficient (Wildman–Crippen LogP) is 2.73. The Hall–Kier alpha value is -2.11. The molecule has 0 aliphatic rings. The second-order valence-electron chi connectivity index (χ2n) is 3.96. The van der Waals surface area contributed by atoms with Gasteiger partial charge < -0.3 is 5.73 Å². The molecule has 3 rings (SSSR count). The lowest BCUT2D eigenvalue weighted by Crippen LogP contribution is -1.95. The van der Waals surface area contributed by atoms with Crippen LogP contribution < -0.4 is 5.73 Å². The van der Waals surface area contributed by atoms with Crippen LogP contribution in [0.4, 0.5) is 0 Å². The molecule has 1 aromatic carbocycles. The van der Waals surface area contributed by atoms with E-state index in [1.54, 1.807) is 17.5 Å². The second-order valence-corrected chi connectivity index (χ2v) is 5.04. The van der Waals surface area contributed by atoms with E-state index in [2.05, 4.69) is 15.0 Å². The van der Waals surface area contributed by atoms with Crippen molar-refractivity contribution < 1.29 is 0 Å². The van der Waals surface area contributed by atoms with Gasteiger partial charge in [0.15, 0.2) is 0 Å². The second kappa shape index (κ2) is 5.26. The van der Waals surface area contributed by atoms with Crippen molar-refractivity contribution in [1.82, 2.24) is 15.0 Å². The van der Waals surface area contributed by atoms with Crippen LogP contribution in [0.2, 0.25) is 0 Å². The summed E-state index contributed by atoms with van der Waals surface area (Å²) in [6, 6.07) is 11.9. The van der Waals surface area contributed by atoms with Gasteiger partial charge in [-0.2, -0.15) is 0 Å². The normalized spacial score (nSPS) is 10.6. The van der Waals surface area contributed by atoms with Crippen molar-refractivity contribution in [1.29, 1.82) is 0 Å². The van der Waals surface area contributed by atoms with Crippen molar-refractivity contribution in [3.63, 3.8) is 0 Å². The van der Waals surface area contributed by atoms with Gasteiger partial charge in [-0.25, -0.2) is 15.0 Å². The molecular formula is C14H12N4S. The lowest BCUT2D eigenvalue weighted by molar-refractivity contribution is 1.10. The summed E-state index contributed by atoms with van der Waals surface area (Å²) in [6.45, 7) is 0.479. The summed E-state index contributed by atoms with van der Waals surface area (Å²) in [5.74, 6) is 0. The average Bonchev–Trinajstić information content (AvgIpc) is 2.93. The molecule has 0 atom stereocenters. The first-order chi connectivity index (χ1) is 9.38. The molecule has 0 aliphatic heterocycles. The first-order valence-electron chi connectivity index (χ1n) is 5.90. The van der Waals surface area contributed by atoms with Crippen LogP contribution in [0.1, 0.15) is 4.88 Å². The molecule has 4 nitrogen and oxygen atoms in total. The molecule has 2 aromatic heterocycles. The van der Waals surface area contributed by atoms with Gasteiger partial charge in [0.1, 0.15) is 17.0 Å². The Morgan fingerprint density at radius 3 is 2.63 bits per heavy atom. The van der Waals surface area contributed by atoms with Gasteiger partial charge >= 0.3 is 0 Å². The van der Waals surface area contributed by atoms with Gasteiger partial charge in [0.05, 0.1) is 5.69 Å². The van der Waals surface area contributed by atoms with Crippen LogP contribution in [-0.2, 0) is 6.54 Å². The Bertz CT molecular complexity index is 664. The number of benzene rings is 1. The van der Waals surface area contributed by atoms with Crippen LogP contribution in [0.5, 0.6) is 0 Å². The number of nitrogens with two attached hydrogens (primary N) is 1. The first-order valence-corrected chi connectivity index (χ1v) is 6.71. The molecule has 19 heavy (non-hydrogen) atoms. The third-order valence-corrected chi connectivity index (χ3v) is 3.83. The van der Waals surface area contributed by atoms with E-state index in [1.165, 1.54) is 6.33 Å². The summed E-state index contributed by atoms with van der Waals surface area (Å²) in [5, 5.41) is 0.877. The molecule has 0 saturated heterocycles. The first kappa shape index (κ1) is 12.0. The summed E-state index contributed by atoms with van der Waals surface area (Å²) in [4.78, 5) is 13.9. The molecule has 0 saturated carbocycles. The standard InChI is InChI=1S/C14H12N4S/c15-8-12-13(10-4-2-1-3-5-10)18-14(19-12)11-6-7-16-9-17-11/h1-7,9H,8,15H2. The van der Waals surface area contributed by atoms with Crippen LogP contribution >= 0.6 is 11.3 Å². The third-order valence-electron chi connectivity index (χ3n) is 2.73. The highest BCUT2D eigenvalue weighted by atomic mass is 32.1. The highest BCUT2D eigenvalue weighted by Crippen LogP contribution is 2.32. The number of rotatable bonds is 3. The number of hydrogen-bond donors (Lipinski definition) is 1. The fourth-order valence-corrected chi connectivity index (χ4v) is 2.78. The van der Waals surface area contributed by atoms with Crippen molar-refractivity contribution in [2.45, 2.75) is 6.54 Å². The molecule has 0 unspecified atom stereocenters. The maximum atomic E-state index is 5.82. The molecule has 0 bridgehead atoms. The largest absolute Gasteiger partial charge is 0.326 e. The molecule has 0 fully saturated rings. The Morgan fingerprint density at radius 1 is 1.11 bits per heavy atom. The predicted molar refractivity (Wildman–Crippen MR) is 76.5 cm³/mol. The van der Waals surface area contributed by atoms with Gasteiger partial charge in [-0.1, -0.05) is 30.3 Å². The Balaban J connectivity index is 2.09. The van der Waals surface area contributed by atoms with Crippen LogP contribution in [0.3, 0.4) is 0 Å². The number of aromatic nitrogens is 3. The number of thiazole rings is 1. The Labute approximate surface area is 115 Å². The highest BCUT2D eigenvalue weighted by molar-refractivity contribution is 7.15.